The second kappa shape index (κ2) is 11.1. The van der Waals surface area contributed by atoms with Crippen LogP contribution in [0, 0.1) is 0 Å². The molecule has 212 valence electrons. The first-order chi connectivity index (χ1) is 19.8. The number of aromatic carboxylic acids is 3. The monoisotopic (exact) mass is 572 g/mol. The highest BCUT2D eigenvalue weighted by molar-refractivity contribution is 6.22. The van der Waals surface area contributed by atoms with Crippen molar-refractivity contribution in [3.05, 3.63) is 117 Å². The summed E-state index contributed by atoms with van der Waals surface area (Å²) in [4.78, 5) is 59.0. The summed E-state index contributed by atoms with van der Waals surface area (Å²) in [6.45, 7) is 0. The minimum Gasteiger partial charge on any atom is -0.507 e. The fourth-order valence-electron chi connectivity index (χ4n) is 4.49. The van der Waals surface area contributed by atoms with E-state index >= 15 is 0 Å². The van der Waals surface area contributed by atoms with Gasteiger partial charge in [0.15, 0.2) is 5.78 Å². The molecular formula is C30H20O12. The van der Waals surface area contributed by atoms with Crippen molar-refractivity contribution < 1.29 is 59.7 Å². The maximum atomic E-state index is 12.1. The summed E-state index contributed by atoms with van der Waals surface area (Å²) in [6, 6.07) is 9.48. The van der Waals surface area contributed by atoms with Gasteiger partial charge >= 0.3 is 23.9 Å². The Balaban J connectivity index is 2.03. The highest BCUT2D eigenvalue weighted by Gasteiger charge is 2.26. The van der Waals surface area contributed by atoms with Crippen LogP contribution in [0.1, 0.15) is 59.2 Å². The molecule has 0 aliphatic heterocycles. The fourth-order valence-corrected chi connectivity index (χ4v) is 4.49. The molecule has 0 fully saturated rings. The molecule has 0 radical (unpaired) electrons. The normalized spacial score (nSPS) is 13.7. The van der Waals surface area contributed by atoms with Gasteiger partial charge in [0.25, 0.3) is 0 Å². The highest BCUT2D eigenvalue weighted by Crippen LogP contribution is 2.39. The van der Waals surface area contributed by atoms with Gasteiger partial charge in [-0.15, -0.1) is 0 Å². The number of allylic oxidation sites excluding steroid dienone is 4. The second-order valence-electron chi connectivity index (χ2n) is 9.11. The smallest absolute Gasteiger partial charge is 0.339 e. The third kappa shape index (κ3) is 5.58. The molecule has 42 heavy (non-hydrogen) atoms. The van der Waals surface area contributed by atoms with Crippen LogP contribution in [0.2, 0.25) is 0 Å². The van der Waals surface area contributed by atoms with E-state index in [1.54, 1.807) is 0 Å². The number of aliphatic carboxylic acids is 1. The van der Waals surface area contributed by atoms with Crippen LogP contribution >= 0.6 is 0 Å². The number of carbonyl (C=O) groups is 5. The van der Waals surface area contributed by atoms with E-state index in [0.717, 1.165) is 42.5 Å². The number of hydrogen-bond acceptors (Lipinski definition) is 8. The lowest BCUT2D eigenvalue weighted by atomic mass is 9.82. The van der Waals surface area contributed by atoms with Crippen molar-refractivity contribution in [2.24, 2.45) is 0 Å². The molecule has 0 aromatic heterocycles. The molecule has 7 N–H and O–H groups in total. The van der Waals surface area contributed by atoms with Gasteiger partial charge in [-0.1, -0.05) is 18.2 Å². The quantitative estimate of drug-likeness (QED) is 0.152. The third-order valence-corrected chi connectivity index (χ3v) is 6.45. The lowest BCUT2D eigenvalue weighted by molar-refractivity contribution is -0.134. The number of carboxylic acids is 4. The zero-order valence-corrected chi connectivity index (χ0v) is 21.2. The summed E-state index contributed by atoms with van der Waals surface area (Å²) in [6.07, 6.45) is 4.52. The molecule has 1 aliphatic rings. The average molecular weight is 572 g/mol. The summed E-state index contributed by atoms with van der Waals surface area (Å²) in [5.74, 6) is -9.73. The van der Waals surface area contributed by atoms with Gasteiger partial charge in [-0.2, -0.15) is 0 Å². The number of aromatic hydroxyl groups is 3. The predicted octanol–water partition coefficient (Wildman–Crippen LogP) is 3.61. The number of carbonyl (C=O) groups excluding carboxylic acids is 1. The summed E-state index contributed by atoms with van der Waals surface area (Å²) in [5, 5.41) is 69.2. The maximum absolute atomic E-state index is 12.1. The second-order valence-corrected chi connectivity index (χ2v) is 9.11. The van der Waals surface area contributed by atoms with E-state index in [1.807, 2.05) is 0 Å². The molecule has 0 unspecified atom stereocenters. The summed E-state index contributed by atoms with van der Waals surface area (Å²) in [5.41, 5.74) is -1.71. The summed E-state index contributed by atoms with van der Waals surface area (Å²) >= 11 is 0. The van der Waals surface area contributed by atoms with Gasteiger partial charge in [-0.25, -0.2) is 19.2 Å². The molecule has 0 bridgehead atoms. The molecule has 0 amide bonds. The largest absolute Gasteiger partial charge is 0.507 e. The van der Waals surface area contributed by atoms with E-state index in [2.05, 4.69) is 0 Å². The van der Waals surface area contributed by atoms with Crippen molar-refractivity contribution in [3.63, 3.8) is 0 Å². The summed E-state index contributed by atoms with van der Waals surface area (Å²) in [7, 11) is 0. The Kier molecular flexibility index (Phi) is 7.64. The van der Waals surface area contributed by atoms with Gasteiger partial charge in [0.2, 0.25) is 0 Å². The number of phenols is 3. The lowest BCUT2D eigenvalue weighted by Gasteiger charge is -2.22. The number of hydrogen-bond donors (Lipinski definition) is 7. The first-order valence-electron chi connectivity index (χ1n) is 11.9. The standard InChI is InChI=1S/C30H20O12/c31-22-4-1-13(8-18(22)27(35)36)7-17-9-16(12-21(26(17)34)30(41)42)25(14-2-5-23(32)19(10-14)28(37)38)15-3-6-24(33)20(11-15)29(39)40/h1-12,25,32-34H,(H,35,36)(H,37,38)(H,39,40)(H,41,42). The molecule has 4 rings (SSSR count). The van der Waals surface area contributed by atoms with Crippen LogP contribution in [0.5, 0.6) is 17.2 Å². The van der Waals surface area contributed by atoms with Gasteiger partial charge in [-0.05, 0) is 76.9 Å². The van der Waals surface area contributed by atoms with Crippen molar-refractivity contribution in [2.45, 2.75) is 5.92 Å². The minimum absolute atomic E-state index is 0.111. The lowest BCUT2D eigenvalue weighted by Crippen LogP contribution is -2.12. The Bertz CT molecular complexity index is 1730. The van der Waals surface area contributed by atoms with Crippen molar-refractivity contribution in [2.75, 3.05) is 0 Å². The molecule has 0 spiro atoms. The molecular weight excluding hydrogens is 552 g/mol. The molecule has 0 atom stereocenters. The van der Waals surface area contributed by atoms with Crippen LogP contribution < -0.4 is 0 Å². The molecule has 0 saturated carbocycles. The summed E-state index contributed by atoms with van der Waals surface area (Å²) < 4.78 is 0. The average Bonchev–Trinajstić information content (AvgIpc) is 2.92. The van der Waals surface area contributed by atoms with E-state index in [0.29, 0.717) is 0 Å². The fraction of sp³-hybridized carbons (Fsp3) is 0.0333. The van der Waals surface area contributed by atoms with Crippen LogP contribution in [0.15, 0.2) is 77.9 Å². The van der Waals surface area contributed by atoms with Crippen LogP contribution in [0.3, 0.4) is 0 Å². The van der Waals surface area contributed by atoms with Gasteiger partial charge in [0, 0.05) is 11.5 Å². The van der Waals surface area contributed by atoms with E-state index < -0.39 is 75.1 Å². The Labute approximate surface area is 235 Å². The zero-order valence-electron chi connectivity index (χ0n) is 21.2. The van der Waals surface area contributed by atoms with Crippen LogP contribution in [-0.2, 0) is 9.59 Å². The van der Waals surface area contributed by atoms with Crippen LogP contribution in [0.25, 0.3) is 6.08 Å². The van der Waals surface area contributed by atoms with Crippen molar-refractivity contribution >= 4 is 35.7 Å². The molecule has 3 aromatic carbocycles. The SMILES string of the molecule is O=C(O)C1=CC(=Cc2cc(C(c3ccc(O)c(C(=O)O)c3)c3ccc(O)c(C(=O)O)c3)cc(C(=O)O)c2O)C=CC1=O. The molecule has 1 aliphatic carbocycles. The molecule has 3 aromatic rings. The van der Waals surface area contributed by atoms with Crippen molar-refractivity contribution in [1.82, 2.24) is 0 Å². The number of carboxylic acid groups (broad SMARTS) is 4. The Hall–Kier alpha value is -6.17. The van der Waals surface area contributed by atoms with Gasteiger partial charge in [0.05, 0.1) is 0 Å². The van der Waals surface area contributed by atoms with Crippen molar-refractivity contribution in [1.29, 1.82) is 0 Å². The first-order valence-corrected chi connectivity index (χ1v) is 11.9. The number of benzene rings is 3. The zero-order chi connectivity index (χ0) is 30.9. The Morgan fingerprint density at radius 2 is 1.12 bits per heavy atom. The van der Waals surface area contributed by atoms with Crippen LogP contribution in [0.4, 0.5) is 0 Å². The molecule has 0 heterocycles. The molecule has 12 nitrogen and oxygen atoms in total. The van der Waals surface area contributed by atoms with E-state index in [-0.39, 0.29) is 27.8 Å². The first kappa shape index (κ1) is 28.8. The van der Waals surface area contributed by atoms with Gasteiger partial charge in [-0.3, -0.25) is 4.79 Å². The Morgan fingerprint density at radius 3 is 1.60 bits per heavy atom. The van der Waals surface area contributed by atoms with Crippen molar-refractivity contribution in [3.8, 4) is 17.2 Å². The molecule has 12 heteroatoms. The third-order valence-electron chi connectivity index (χ3n) is 6.45. The topological polar surface area (TPSA) is 227 Å². The number of ketones is 1. The van der Waals surface area contributed by atoms with Crippen LogP contribution in [-0.4, -0.2) is 65.4 Å². The van der Waals surface area contributed by atoms with E-state index in [9.17, 15) is 59.7 Å². The van der Waals surface area contributed by atoms with E-state index in [1.165, 1.54) is 30.4 Å². The maximum Gasteiger partial charge on any atom is 0.339 e. The predicted molar refractivity (Wildman–Crippen MR) is 144 cm³/mol. The number of rotatable bonds is 8. The highest BCUT2D eigenvalue weighted by atomic mass is 16.4. The van der Waals surface area contributed by atoms with Gasteiger partial charge in [0.1, 0.15) is 39.5 Å². The van der Waals surface area contributed by atoms with E-state index in [4.69, 9.17) is 0 Å². The Morgan fingerprint density at radius 1 is 0.619 bits per heavy atom. The minimum atomic E-state index is -1.56. The van der Waals surface area contributed by atoms with Gasteiger partial charge < -0.3 is 35.7 Å². The molecule has 0 saturated heterocycles.